The molecule has 1 aliphatic carbocycles. The lowest BCUT2D eigenvalue weighted by Crippen LogP contribution is -2.29. The Morgan fingerprint density at radius 1 is 1.44 bits per heavy atom. The molecule has 0 aliphatic heterocycles. The van der Waals surface area contributed by atoms with Gasteiger partial charge in [0.1, 0.15) is 0 Å². The monoisotopic (exact) mass is 246 g/mol. The fourth-order valence-electron chi connectivity index (χ4n) is 2.25. The van der Waals surface area contributed by atoms with Gasteiger partial charge in [-0.2, -0.15) is 0 Å². The van der Waals surface area contributed by atoms with E-state index in [0.29, 0.717) is 5.92 Å². The van der Waals surface area contributed by atoms with Crippen molar-refractivity contribution >= 4 is 11.6 Å². The second-order valence-electron chi connectivity index (χ2n) is 5.30. The van der Waals surface area contributed by atoms with Gasteiger partial charge in [-0.15, -0.1) is 0 Å². The van der Waals surface area contributed by atoms with Crippen LogP contribution in [0.2, 0.25) is 0 Å². The highest BCUT2D eigenvalue weighted by Gasteiger charge is 2.27. The lowest BCUT2D eigenvalue weighted by atomic mass is 10.0. The molecule has 1 aromatic rings. The van der Waals surface area contributed by atoms with Gasteiger partial charge < -0.3 is 10.6 Å². The van der Waals surface area contributed by atoms with Crippen LogP contribution in [0.3, 0.4) is 0 Å². The average molecular weight is 246 g/mol. The molecule has 0 bridgehead atoms. The molecule has 98 valence electrons. The van der Waals surface area contributed by atoms with Crippen molar-refractivity contribution in [2.24, 2.45) is 11.8 Å². The topological polar surface area (TPSA) is 41.1 Å². The highest BCUT2D eigenvalue weighted by molar-refractivity contribution is 5.96. The van der Waals surface area contributed by atoms with E-state index in [-0.39, 0.29) is 5.91 Å². The number of carbonyl (C=O) groups excluding carboxylic acids is 1. The molecular weight excluding hydrogens is 224 g/mol. The molecule has 0 heterocycles. The summed E-state index contributed by atoms with van der Waals surface area (Å²) in [5.41, 5.74) is 2.82. The van der Waals surface area contributed by atoms with Crippen molar-refractivity contribution in [3.63, 3.8) is 0 Å². The summed E-state index contributed by atoms with van der Waals surface area (Å²) in [4.78, 5) is 12.1. The summed E-state index contributed by atoms with van der Waals surface area (Å²) in [7, 11) is 1.88. The first kappa shape index (κ1) is 12.9. The molecule has 18 heavy (non-hydrogen) atoms. The van der Waals surface area contributed by atoms with E-state index in [2.05, 4.69) is 17.6 Å². The van der Waals surface area contributed by atoms with Crippen molar-refractivity contribution in [2.45, 2.75) is 26.7 Å². The molecule has 1 saturated carbocycles. The largest absolute Gasteiger partial charge is 0.388 e. The summed E-state index contributed by atoms with van der Waals surface area (Å²) < 4.78 is 0. The summed E-state index contributed by atoms with van der Waals surface area (Å²) >= 11 is 0. The van der Waals surface area contributed by atoms with Crippen LogP contribution in [-0.4, -0.2) is 19.5 Å². The van der Waals surface area contributed by atoms with Crippen molar-refractivity contribution in [3.8, 4) is 0 Å². The molecule has 1 unspecified atom stereocenters. The normalized spacial score (nSPS) is 16.2. The van der Waals surface area contributed by atoms with E-state index in [1.807, 2.05) is 32.2 Å². The van der Waals surface area contributed by atoms with Crippen molar-refractivity contribution < 1.29 is 4.79 Å². The van der Waals surface area contributed by atoms with Crippen LogP contribution in [0.1, 0.15) is 35.7 Å². The fraction of sp³-hybridized carbons (Fsp3) is 0.533. The fourth-order valence-corrected chi connectivity index (χ4v) is 2.25. The van der Waals surface area contributed by atoms with Crippen LogP contribution in [0.5, 0.6) is 0 Å². The highest BCUT2D eigenvalue weighted by Crippen LogP contribution is 2.36. The lowest BCUT2D eigenvalue weighted by molar-refractivity contribution is 0.0946. The minimum Gasteiger partial charge on any atom is -0.388 e. The van der Waals surface area contributed by atoms with Crippen LogP contribution in [0.15, 0.2) is 18.2 Å². The highest BCUT2D eigenvalue weighted by atomic mass is 16.1. The van der Waals surface area contributed by atoms with Gasteiger partial charge >= 0.3 is 0 Å². The molecule has 0 spiro atoms. The quantitative estimate of drug-likeness (QED) is 0.838. The zero-order chi connectivity index (χ0) is 13.1. The number of rotatable bonds is 5. The number of nitrogens with one attached hydrogen (secondary N) is 2. The number of amides is 1. The molecule has 0 saturated heterocycles. The van der Waals surface area contributed by atoms with E-state index >= 15 is 0 Å². The molecule has 1 aromatic carbocycles. The standard InChI is InChI=1S/C15H22N2O/c1-10-8-13(16-3)6-7-14(10)15(18)17-9-11(2)12-4-5-12/h6-8,11-12,16H,4-5,9H2,1-3H3,(H,17,18). The maximum atomic E-state index is 12.1. The SMILES string of the molecule is CNc1ccc(C(=O)NCC(C)C2CC2)c(C)c1. The number of anilines is 1. The summed E-state index contributed by atoms with van der Waals surface area (Å²) in [5.74, 6) is 1.48. The molecule has 1 amide bonds. The second kappa shape index (κ2) is 5.42. The molecule has 2 N–H and O–H groups in total. The second-order valence-corrected chi connectivity index (χ2v) is 5.30. The van der Waals surface area contributed by atoms with Gasteiger partial charge in [0, 0.05) is 24.8 Å². The van der Waals surface area contributed by atoms with Crippen molar-refractivity contribution in [1.29, 1.82) is 0 Å². The van der Waals surface area contributed by atoms with Crippen LogP contribution < -0.4 is 10.6 Å². The Bertz CT molecular complexity index is 438. The number of carbonyl (C=O) groups is 1. The van der Waals surface area contributed by atoms with Crippen molar-refractivity contribution in [3.05, 3.63) is 29.3 Å². The van der Waals surface area contributed by atoms with Gasteiger partial charge in [0.05, 0.1) is 0 Å². The Labute approximate surface area is 109 Å². The Kier molecular flexibility index (Phi) is 3.90. The maximum Gasteiger partial charge on any atom is 0.251 e. The van der Waals surface area contributed by atoms with E-state index in [4.69, 9.17) is 0 Å². The van der Waals surface area contributed by atoms with Gasteiger partial charge in [-0.05, 0) is 55.4 Å². The molecular formula is C15H22N2O. The summed E-state index contributed by atoms with van der Waals surface area (Å²) in [5, 5.41) is 6.11. The van der Waals surface area contributed by atoms with E-state index in [9.17, 15) is 4.79 Å². The summed E-state index contributed by atoms with van der Waals surface area (Å²) in [6.07, 6.45) is 2.65. The molecule has 2 rings (SSSR count). The third-order valence-corrected chi connectivity index (χ3v) is 3.77. The van der Waals surface area contributed by atoms with Gasteiger partial charge in [-0.25, -0.2) is 0 Å². The predicted octanol–water partition coefficient (Wildman–Crippen LogP) is 2.81. The summed E-state index contributed by atoms with van der Waals surface area (Å²) in [6.45, 7) is 4.98. The first-order valence-electron chi connectivity index (χ1n) is 6.68. The molecule has 0 aromatic heterocycles. The average Bonchev–Trinajstić information content (AvgIpc) is 3.19. The van der Waals surface area contributed by atoms with Crippen molar-refractivity contribution in [1.82, 2.24) is 5.32 Å². The van der Waals surface area contributed by atoms with Gasteiger partial charge in [0.2, 0.25) is 0 Å². The third kappa shape index (κ3) is 3.03. The predicted molar refractivity (Wildman–Crippen MR) is 74.9 cm³/mol. The Balaban J connectivity index is 1.95. The number of hydrogen-bond acceptors (Lipinski definition) is 2. The summed E-state index contributed by atoms with van der Waals surface area (Å²) in [6, 6.07) is 5.82. The smallest absolute Gasteiger partial charge is 0.251 e. The molecule has 1 fully saturated rings. The third-order valence-electron chi connectivity index (χ3n) is 3.77. The van der Waals surface area contributed by atoms with Gasteiger partial charge in [0.25, 0.3) is 5.91 Å². The van der Waals surface area contributed by atoms with Crippen molar-refractivity contribution in [2.75, 3.05) is 18.9 Å². The molecule has 0 radical (unpaired) electrons. The zero-order valence-electron chi connectivity index (χ0n) is 11.4. The van der Waals surface area contributed by atoms with Crippen LogP contribution in [0, 0.1) is 18.8 Å². The number of aryl methyl sites for hydroxylation is 1. The molecule has 3 nitrogen and oxygen atoms in total. The maximum absolute atomic E-state index is 12.1. The van der Waals surface area contributed by atoms with E-state index in [1.54, 1.807) is 0 Å². The van der Waals surface area contributed by atoms with Gasteiger partial charge in [-0.1, -0.05) is 6.92 Å². The first-order chi connectivity index (χ1) is 8.61. The van der Waals surface area contributed by atoms with E-state index < -0.39 is 0 Å². The Hall–Kier alpha value is -1.51. The van der Waals surface area contributed by atoms with E-state index in [0.717, 1.165) is 29.3 Å². The number of benzene rings is 1. The minimum absolute atomic E-state index is 0.0441. The zero-order valence-corrected chi connectivity index (χ0v) is 11.4. The van der Waals surface area contributed by atoms with Gasteiger partial charge in [-0.3, -0.25) is 4.79 Å². The lowest BCUT2D eigenvalue weighted by Gasteiger charge is -2.13. The Morgan fingerprint density at radius 3 is 2.72 bits per heavy atom. The molecule has 3 heteroatoms. The van der Waals surface area contributed by atoms with Crippen LogP contribution in [-0.2, 0) is 0 Å². The van der Waals surface area contributed by atoms with Gasteiger partial charge in [0.15, 0.2) is 0 Å². The number of hydrogen-bond donors (Lipinski definition) is 2. The molecule has 1 aliphatic rings. The molecule has 1 atom stereocenters. The first-order valence-corrected chi connectivity index (χ1v) is 6.68. The minimum atomic E-state index is 0.0441. The van der Waals surface area contributed by atoms with Crippen LogP contribution in [0.4, 0.5) is 5.69 Å². The Morgan fingerprint density at radius 2 is 2.17 bits per heavy atom. The van der Waals surface area contributed by atoms with E-state index in [1.165, 1.54) is 12.8 Å². The van der Waals surface area contributed by atoms with Crippen LogP contribution >= 0.6 is 0 Å². The van der Waals surface area contributed by atoms with Crippen LogP contribution in [0.25, 0.3) is 0 Å².